The number of hydrogen-bond acceptors (Lipinski definition) is 2. The van der Waals surface area contributed by atoms with E-state index in [0.29, 0.717) is 0 Å². The topological polar surface area (TPSA) is 3.24 Å². The molecule has 1 atom stereocenters. The van der Waals surface area contributed by atoms with Crippen LogP contribution in [-0.2, 0) is 0 Å². The van der Waals surface area contributed by atoms with E-state index < -0.39 is 0 Å². The van der Waals surface area contributed by atoms with Crippen LogP contribution in [0.4, 0.5) is 0 Å². The molecule has 2 bridgehead atoms. The van der Waals surface area contributed by atoms with Crippen molar-refractivity contribution in [2.75, 3.05) is 13.1 Å². The Hall–Kier alpha value is 0.240. The fourth-order valence-electron chi connectivity index (χ4n) is 1.42. The maximum absolute atomic E-state index is 5.15. The van der Waals surface area contributed by atoms with Crippen LogP contribution in [0, 0.1) is 0 Å². The molecule has 2 heterocycles. The van der Waals surface area contributed by atoms with Crippen molar-refractivity contribution < 1.29 is 0 Å². The van der Waals surface area contributed by atoms with Gasteiger partial charge in [-0.1, -0.05) is 24.0 Å². The van der Waals surface area contributed by atoms with Gasteiger partial charge < -0.3 is 4.90 Å². The minimum absolute atomic E-state index is 0.839. The molecule has 9 heavy (non-hydrogen) atoms. The Balaban J connectivity index is 2.15. The first kappa shape index (κ1) is 5.98. The average Bonchev–Trinajstić information content (AvgIpc) is 2.09. The lowest BCUT2D eigenvalue weighted by molar-refractivity contribution is 0.372. The first-order valence-electron chi connectivity index (χ1n) is 3.32. The fourth-order valence-corrected chi connectivity index (χ4v) is 3.13. The molecule has 0 amide bonds. The highest BCUT2D eigenvalue weighted by atomic mass is 32.2. The van der Waals surface area contributed by atoms with Crippen LogP contribution in [0.25, 0.3) is 0 Å². The highest BCUT2D eigenvalue weighted by Crippen LogP contribution is 2.32. The lowest BCUT2D eigenvalue weighted by Crippen LogP contribution is -2.29. The molecule has 2 fully saturated rings. The van der Waals surface area contributed by atoms with Gasteiger partial charge in [0.05, 0.1) is 0 Å². The number of thioether (sulfide) groups is 1. The van der Waals surface area contributed by atoms with Gasteiger partial charge >= 0.3 is 0 Å². The highest BCUT2D eigenvalue weighted by Gasteiger charge is 2.30. The summed E-state index contributed by atoms with van der Waals surface area (Å²) in [4.78, 5) is 2.33. The van der Waals surface area contributed by atoms with Gasteiger partial charge in [-0.05, 0) is 12.8 Å². The van der Waals surface area contributed by atoms with Crippen molar-refractivity contribution in [3.05, 3.63) is 0 Å². The van der Waals surface area contributed by atoms with Gasteiger partial charge in [0.1, 0.15) is 4.32 Å². The summed E-state index contributed by atoms with van der Waals surface area (Å²) in [5.41, 5.74) is 0. The van der Waals surface area contributed by atoms with E-state index in [1.807, 2.05) is 11.8 Å². The summed E-state index contributed by atoms with van der Waals surface area (Å²) in [6, 6.07) is 0. The molecule has 0 radical (unpaired) electrons. The van der Waals surface area contributed by atoms with Crippen LogP contribution in [-0.4, -0.2) is 27.6 Å². The summed E-state index contributed by atoms with van der Waals surface area (Å²) in [7, 11) is 0. The van der Waals surface area contributed by atoms with Crippen molar-refractivity contribution >= 4 is 28.3 Å². The second-order valence-electron chi connectivity index (χ2n) is 2.59. The molecule has 0 aromatic carbocycles. The molecule has 3 heteroatoms. The van der Waals surface area contributed by atoms with Gasteiger partial charge in [-0.2, -0.15) is 0 Å². The fraction of sp³-hybridized carbons (Fsp3) is 0.833. The smallest absolute Gasteiger partial charge is 0.136 e. The van der Waals surface area contributed by atoms with Crippen LogP contribution in [0.2, 0.25) is 0 Å². The van der Waals surface area contributed by atoms with Crippen molar-refractivity contribution in [2.45, 2.75) is 18.1 Å². The summed E-state index contributed by atoms with van der Waals surface area (Å²) in [5, 5.41) is 0.839. The van der Waals surface area contributed by atoms with Gasteiger partial charge in [-0.3, -0.25) is 0 Å². The van der Waals surface area contributed by atoms with E-state index in [4.69, 9.17) is 12.2 Å². The van der Waals surface area contributed by atoms with E-state index in [-0.39, 0.29) is 0 Å². The van der Waals surface area contributed by atoms with Gasteiger partial charge in [0, 0.05) is 18.3 Å². The molecule has 0 aliphatic carbocycles. The van der Waals surface area contributed by atoms with Gasteiger partial charge in [-0.25, -0.2) is 0 Å². The van der Waals surface area contributed by atoms with Crippen molar-refractivity contribution in [1.29, 1.82) is 0 Å². The number of hydrogen-bond donors (Lipinski definition) is 0. The Morgan fingerprint density at radius 3 is 3.22 bits per heavy atom. The van der Waals surface area contributed by atoms with Crippen LogP contribution in [0.1, 0.15) is 12.8 Å². The molecule has 2 aliphatic rings. The second kappa shape index (κ2) is 2.13. The Kier molecular flexibility index (Phi) is 1.42. The summed E-state index contributed by atoms with van der Waals surface area (Å²) < 4.78 is 1.14. The third-order valence-electron chi connectivity index (χ3n) is 1.90. The van der Waals surface area contributed by atoms with Crippen LogP contribution in [0.3, 0.4) is 0 Å². The molecule has 0 N–H and O–H groups in total. The summed E-state index contributed by atoms with van der Waals surface area (Å²) in [6.07, 6.45) is 2.72. The largest absolute Gasteiger partial charge is 0.356 e. The highest BCUT2D eigenvalue weighted by molar-refractivity contribution is 8.23. The molecule has 1 nitrogen and oxygen atoms in total. The van der Waals surface area contributed by atoms with Crippen LogP contribution in [0.5, 0.6) is 0 Å². The molecule has 2 aliphatic heterocycles. The molecule has 1 unspecified atom stereocenters. The predicted octanol–water partition coefficient (Wildman–Crippen LogP) is 1.48. The quantitative estimate of drug-likeness (QED) is 0.493. The minimum Gasteiger partial charge on any atom is -0.356 e. The van der Waals surface area contributed by atoms with Gasteiger partial charge in [0.2, 0.25) is 0 Å². The number of rotatable bonds is 0. The molecular weight excluding hydrogens is 150 g/mol. The Morgan fingerprint density at radius 1 is 1.67 bits per heavy atom. The van der Waals surface area contributed by atoms with Crippen molar-refractivity contribution in [3.8, 4) is 0 Å². The van der Waals surface area contributed by atoms with Crippen molar-refractivity contribution in [1.82, 2.24) is 4.90 Å². The van der Waals surface area contributed by atoms with E-state index in [1.54, 1.807) is 0 Å². The van der Waals surface area contributed by atoms with E-state index in [2.05, 4.69) is 4.90 Å². The van der Waals surface area contributed by atoms with E-state index in [0.717, 1.165) is 9.57 Å². The molecule has 0 aromatic heterocycles. The van der Waals surface area contributed by atoms with Gasteiger partial charge in [0.15, 0.2) is 0 Å². The third kappa shape index (κ3) is 0.964. The third-order valence-corrected chi connectivity index (χ3v) is 3.63. The number of piperidine rings is 1. The van der Waals surface area contributed by atoms with E-state index >= 15 is 0 Å². The molecule has 50 valence electrons. The molecule has 0 spiro atoms. The standard InChI is InChI=1S/C6H9NS2/c8-6-7-3-1-2-5(4-7)9-6/h5H,1-4H2. The normalized spacial score (nSPS) is 33.6. The first-order valence-corrected chi connectivity index (χ1v) is 4.60. The SMILES string of the molecule is S=C1SC2CCCN1C2. The summed E-state index contributed by atoms with van der Waals surface area (Å²) >= 11 is 7.04. The number of thiocarbonyl (C=S) groups is 1. The Labute approximate surface area is 64.8 Å². The maximum atomic E-state index is 5.15. The van der Waals surface area contributed by atoms with Gasteiger partial charge in [0.25, 0.3) is 0 Å². The predicted molar refractivity (Wildman–Crippen MR) is 44.8 cm³/mol. The zero-order valence-electron chi connectivity index (χ0n) is 5.17. The first-order chi connectivity index (χ1) is 4.36. The lowest BCUT2D eigenvalue weighted by Gasteiger charge is -2.21. The van der Waals surface area contributed by atoms with Gasteiger partial charge in [-0.15, -0.1) is 0 Å². The van der Waals surface area contributed by atoms with Crippen LogP contribution in [0.15, 0.2) is 0 Å². The molecule has 2 saturated heterocycles. The molecule has 0 saturated carbocycles. The average molecular weight is 159 g/mol. The number of fused-ring (bicyclic) bond motifs is 2. The molecule has 0 aromatic rings. The zero-order valence-corrected chi connectivity index (χ0v) is 6.80. The minimum atomic E-state index is 0.839. The monoisotopic (exact) mass is 159 g/mol. The molecular formula is C6H9NS2. The van der Waals surface area contributed by atoms with Crippen LogP contribution >= 0.6 is 24.0 Å². The summed E-state index contributed by atoms with van der Waals surface area (Å²) in [6.45, 7) is 2.44. The second-order valence-corrected chi connectivity index (χ2v) is 4.53. The summed E-state index contributed by atoms with van der Waals surface area (Å²) in [5.74, 6) is 0. The maximum Gasteiger partial charge on any atom is 0.136 e. The Bertz CT molecular complexity index is 146. The van der Waals surface area contributed by atoms with Crippen molar-refractivity contribution in [2.24, 2.45) is 0 Å². The van der Waals surface area contributed by atoms with Crippen molar-refractivity contribution in [3.63, 3.8) is 0 Å². The van der Waals surface area contributed by atoms with E-state index in [1.165, 1.54) is 25.9 Å². The lowest BCUT2D eigenvalue weighted by atomic mass is 10.1. The van der Waals surface area contributed by atoms with E-state index in [9.17, 15) is 0 Å². The molecule has 2 rings (SSSR count). The Morgan fingerprint density at radius 2 is 2.56 bits per heavy atom. The number of nitrogens with zero attached hydrogens (tertiary/aromatic N) is 1. The van der Waals surface area contributed by atoms with Crippen LogP contribution < -0.4 is 0 Å². The zero-order chi connectivity index (χ0) is 6.27.